The van der Waals surface area contributed by atoms with Crippen LogP contribution in [0.5, 0.6) is 0 Å². The lowest BCUT2D eigenvalue weighted by atomic mass is 10.0. The summed E-state index contributed by atoms with van der Waals surface area (Å²) in [6, 6.07) is 15.4. The Morgan fingerprint density at radius 1 is 1.00 bits per heavy atom. The number of halogens is 2. The van der Waals surface area contributed by atoms with Gasteiger partial charge < -0.3 is 10.3 Å². The first-order valence-corrected chi connectivity index (χ1v) is 12.5. The van der Waals surface area contributed by atoms with Crippen molar-refractivity contribution in [3.8, 4) is 0 Å². The Hall–Kier alpha value is -3.56. The number of rotatable bonds is 8. The molecule has 0 saturated carbocycles. The van der Waals surface area contributed by atoms with Crippen molar-refractivity contribution in [3.05, 3.63) is 101 Å². The fraction of sp³-hybridized carbons (Fsp3) is 0.192. The van der Waals surface area contributed by atoms with Crippen molar-refractivity contribution in [3.63, 3.8) is 0 Å². The molecule has 0 bridgehead atoms. The summed E-state index contributed by atoms with van der Waals surface area (Å²) >= 11 is 0. The maximum Gasteiger partial charge on any atom is 0.241 e. The molecule has 0 aliphatic rings. The molecule has 0 aliphatic heterocycles. The van der Waals surface area contributed by atoms with Gasteiger partial charge in [0.25, 0.3) is 0 Å². The molecule has 0 fully saturated rings. The van der Waals surface area contributed by atoms with E-state index >= 15 is 0 Å². The van der Waals surface area contributed by atoms with Gasteiger partial charge in [-0.1, -0.05) is 36.4 Å². The Morgan fingerprint density at radius 3 is 2.51 bits per heavy atom. The highest BCUT2D eigenvalue weighted by atomic mass is 32.2. The SMILES string of the molecule is Cc1cccc(S(=O)(=O)N[C@H](Cc2c[nH]c3ccccc23)C(=O)N[C@@H](C)c2ccc(F)c(F)c2)c1. The van der Waals surface area contributed by atoms with E-state index in [9.17, 15) is 22.0 Å². The Labute approximate surface area is 202 Å². The Bertz CT molecular complexity index is 1480. The van der Waals surface area contributed by atoms with Gasteiger partial charge in [-0.3, -0.25) is 4.79 Å². The van der Waals surface area contributed by atoms with Crippen molar-refractivity contribution < 1.29 is 22.0 Å². The summed E-state index contributed by atoms with van der Waals surface area (Å²) in [7, 11) is -4.03. The average molecular weight is 498 g/mol. The molecule has 0 radical (unpaired) electrons. The summed E-state index contributed by atoms with van der Waals surface area (Å²) in [4.78, 5) is 16.5. The van der Waals surface area contributed by atoms with E-state index in [0.29, 0.717) is 5.56 Å². The van der Waals surface area contributed by atoms with Gasteiger partial charge in [-0.05, 0) is 67.3 Å². The minimum absolute atomic E-state index is 0.0443. The monoisotopic (exact) mass is 497 g/mol. The maximum atomic E-state index is 13.7. The quantitative estimate of drug-likeness (QED) is 0.334. The number of nitrogens with one attached hydrogen (secondary N) is 3. The largest absolute Gasteiger partial charge is 0.361 e. The second kappa shape index (κ2) is 9.97. The molecule has 1 aromatic heterocycles. The number of carbonyl (C=O) groups is 1. The van der Waals surface area contributed by atoms with Crippen LogP contribution in [0.15, 0.2) is 77.8 Å². The first-order chi connectivity index (χ1) is 16.6. The number of aryl methyl sites for hydroxylation is 1. The number of aromatic nitrogens is 1. The van der Waals surface area contributed by atoms with Crippen LogP contribution < -0.4 is 10.0 Å². The Balaban J connectivity index is 1.63. The Kier molecular flexibility index (Phi) is 7.00. The lowest BCUT2D eigenvalue weighted by Gasteiger charge is -2.22. The summed E-state index contributed by atoms with van der Waals surface area (Å²) in [6.45, 7) is 3.39. The molecule has 0 unspecified atom stereocenters. The van der Waals surface area contributed by atoms with E-state index in [1.165, 1.54) is 18.2 Å². The van der Waals surface area contributed by atoms with Crippen molar-refractivity contribution in [1.29, 1.82) is 0 Å². The van der Waals surface area contributed by atoms with Crippen molar-refractivity contribution in [2.45, 2.75) is 37.2 Å². The summed E-state index contributed by atoms with van der Waals surface area (Å²) in [5, 5.41) is 3.59. The third-order valence-corrected chi connectivity index (χ3v) is 7.28. The molecule has 1 amide bonds. The molecule has 35 heavy (non-hydrogen) atoms. The van der Waals surface area contributed by atoms with Crippen molar-refractivity contribution in [2.24, 2.45) is 0 Å². The van der Waals surface area contributed by atoms with Crippen LogP contribution in [0, 0.1) is 18.6 Å². The number of benzene rings is 3. The normalized spacial score (nSPS) is 13.5. The highest BCUT2D eigenvalue weighted by Gasteiger charge is 2.28. The highest BCUT2D eigenvalue weighted by Crippen LogP contribution is 2.21. The fourth-order valence-corrected chi connectivity index (χ4v) is 5.22. The molecule has 0 spiro atoms. The molecular weight excluding hydrogens is 472 g/mol. The zero-order valence-corrected chi connectivity index (χ0v) is 20.0. The number of hydrogen-bond acceptors (Lipinski definition) is 3. The maximum absolute atomic E-state index is 13.7. The zero-order chi connectivity index (χ0) is 25.2. The van der Waals surface area contributed by atoms with Crippen LogP contribution in [0.2, 0.25) is 0 Å². The number of carbonyl (C=O) groups excluding carboxylic acids is 1. The van der Waals surface area contributed by atoms with Crippen LogP contribution in [0.4, 0.5) is 8.78 Å². The summed E-state index contributed by atoms with van der Waals surface area (Å²) in [5.74, 6) is -2.61. The van der Waals surface area contributed by atoms with E-state index in [1.54, 1.807) is 32.2 Å². The number of fused-ring (bicyclic) bond motifs is 1. The van der Waals surface area contributed by atoms with Gasteiger partial charge in [-0.2, -0.15) is 4.72 Å². The summed E-state index contributed by atoms with van der Waals surface area (Å²) in [5.41, 5.74) is 2.73. The number of para-hydroxylation sites is 1. The summed E-state index contributed by atoms with van der Waals surface area (Å²) < 4.78 is 55.8. The second-order valence-electron chi connectivity index (χ2n) is 8.46. The van der Waals surface area contributed by atoms with Crippen LogP contribution in [0.25, 0.3) is 10.9 Å². The number of sulfonamides is 1. The first-order valence-electron chi connectivity index (χ1n) is 11.0. The number of amides is 1. The van der Waals surface area contributed by atoms with Gasteiger partial charge >= 0.3 is 0 Å². The van der Waals surface area contributed by atoms with Crippen molar-refractivity contribution in [2.75, 3.05) is 0 Å². The second-order valence-corrected chi connectivity index (χ2v) is 10.2. The van der Waals surface area contributed by atoms with Crippen molar-refractivity contribution in [1.82, 2.24) is 15.0 Å². The molecule has 9 heteroatoms. The molecule has 4 aromatic rings. The van der Waals surface area contributed by atoms with Gasteiger partial charge in [0, 0.05) is 17.1 Å². The first kappa shape index (κ1) is 24.6. The van der Waals surface area contributed by atoms with Crippen LogP contribution in [0.3, 0.4) is 0 Å². The van der Waals surface area contributed by atoms with Gasteiger partial charge in [0.05, 0.1) is 10.9 Å². The number of aromatic amines is 1. The summed E-state index contributed by atoms with van der Waals surface area (Å²) in [6.07, 6.45) is 1.82. The van der Waals surface area contributed by atoms with Crippen LogP contribution in [-0.4, -0.2) is 25.4 Å². The van der Waals surface area contributed by atoms with E-state index in [4.69, 9.17) is 0 Å². The van der Waals surface area contributed by atoms with Crippen LogP contribution in [-0.2, 0) is 21.2 Å². The van der Waals surface area contributed by atoms with Gasteiger partial charge in [0.15, 0.2) is 11.6 Å². The smallest absolute Gasteiger partial charge is 0.241 e. The van der Waals surface area contributed by atoms with E-state index in [0.717, 1.165) is 34.2 Å². The topological polar surface area (TPSA) is 91.1 Å². The minimum Gasteiger partial charge on any atom is -0.361 e. The lowest BCUT2D eigenvalue weighted by molar-refractivity contribution is -0.123. The molecule has 2 atom stereocenters. The third-order valence-electron chi connectivity index (χ3n) is 5.82. The Morgan fingerprint density at radius 2 is 1.77 bits per heavy atom. The molecule has 3 N–H and O–H groups in total. The molecule has 0 saturated heterocycles. The standard InChI is InChI=1S/C26H25F2N3O3S/c1-16-6-5-7-20(12-16)35(33,34)31-25(14-19-15-29-24-9-4-3-8-21(19)24)26(32)30-17(2)18-10-11-22(27)23(28)13-18/h3-13,15,17,25,29,31H,14H2,1-2H3,(H,30,32)/t17-,25+/m0/s1. The predicted molar refractivity (Wildman–Crippen MR) is 130 cm³/mol. The molecule has 6 nitrogen and oxygen atoms in total. The molecule has 3 aromatic carbocycles. The van der Waals surface area contributed by atoms with E-state index in [2.05, 4.69) is 15.0 Å². The van der Waals surface area contributed by atoms with Gasteiger partial charge in [0.1, 0.15) is 6.04 Å². The molecule has 182 valence electrons. The minimum atomic E-state index is -4.03. The lowest BCUT2D eigenvalue weighted by Crippen LogP contribution is -2.48. The highest BCUT2D eigenvalue weighted by molar-refractivity contribution is 7.89. The van der Waals surface area contributed by atoms with Crippen LogP contribution >= 0.6 is 0 Å². The molecule has 0 aliphatic carbocycles. The van der Waals surface area contributed by atoms with E-state index in [1.807, 2.05) is 24.3 Å². The zero-order valence-electron chi connectivity index (χ0n) is 19.2. The fourth-order valence-electron chi connectivity index (χ4n) is 3.93. The van der Waals surface area contributed by atoms with Crippen molar-refractivity contribution >= 4 is 26.8 Å². The predicted octanol–water partition coefficient (Wildman–Crippen LogP) is 4.52. The number of H-pyrrole nitrogens is 1. The molecule has 4 rings (SSSR count). The molecular formula is C26H25F2N3O3S. The number of hydrogen-bond donors (Lipinski definition) is 3. The third kappa shape index (κ3) is 5.58. The van der Waals surface area contributed by atoms with E-state index < -0.39 is 39.6 Å². The van der Waals surface area contributed by atoms with Gasteiger partial charge in [0.2, 0.25) is 15.9 Å². The van der Waals surface area contributed by atoms with Crippen LogP contribution in [0.1, 0.15) is 29.7 Å². The van der Waals surface area contributed by atoms with Gasteiger partial charge in [-0.25, -0.2) is 17.2 Å². The molecule has 1 heterocycles. The average Bonchev–Trinajstić information content (AvgIpc) is 3.23. The van der Waals surface area contributed by atoms with E-state index in [-0.39, 0.29) is 11.3 Å². The van der Waals surface area contributed by atoms with Gasteiger partial charge in [-0.15, -0.1) is 0 Å².